The Labute approximate surface area is 123 Å². The Hall–Kier alpha value is -0.890. The first-order valence-corrected chi connectivity index (χ1v) is 8.03. The lowest BCUT2D eigenvalue weighted by Gasteiger charge is -2.35. The second kappa shape index (κ2) is 6.71. The maximum Gasteiger partial charge on any atom is 0.123 e. The number of hydrogen-bond donors (Lipinski definition) is 1. The van der Waals surface area contributed by atoms with Crippen molar-refractivity contribution in [3.63, 3.8) is 0 Å². The third kappa shape index (κ3) is 3.60. The third-order valence-corrected chi connectivity index (χ3v) is 4.96. The summed E-state index contributed by atoms with van der Waals surface area (Å²) in [7, 11) is 0. The molecule has 20 heavy (non-hydrogen) atoms. The van der Waals surface area contributed by atoms with Crippen molar-refractivity contribution in [1.82, 2.24) is 5.32 Å². The van der Waals surface area contributed by atoms with E-state index in [9.17, 15) is 4.39 Å². The highest BCUT2D eigenvalue weighted by molar-refractivity contribution is 5.28. The van der Waals surface area contributed by atoms with Crippen molar-refractivity contribution in [2.45, 2.75) is 65.3 Å². The molecule has 0 amide bonds. The summed E-state index contributed by atoms with van der Waals surface area (Å²) in [6, 6.07) is 5.64. The normalized spacial score (nSPS) is 19.2. The zero-order valence-corrected chi connectivity index (χ0v) is 13.1. The van der Waals surface area contributed by atoms with Gasteiger partial charge in [0, 0.05) is 6.04 Å². The minimum absolute atomic E-state index is 0.114. The lowest BCUT2D eigenvalue weighted by atomic mass is 9.77. The van der Waals surface area contributed by atoms with Crippen LogP contribution in [-0.4, -0.2) is 12.6 Å². The Kier molecular flexibility index (Phi) is 5.20. The molecular weight excluding hydrogens is 249 g/mol. The fourth-order valence-electron chi connectivity index (χ4n) is 3.49. The Morgan fingerprint density at radius 3 is 2.65 bits per heavy atom. The molecule has 0 bridgehead atoms. The molecule has 0 aromatic heterocycles. The highest BCUT2D eigenvalue weighted by Crippen LogP contribution is 2.41. The summed E-state index contributed by atoms with van der Waals surface area (Å²) in [5.41, 5.74) is 2.73. The van der Waals surface area contributed by atoms with Crippen molar-refractivity contribution in [3.05, 3.63) is 35.1 Å². The van der Waals surface area contributed by atoms with E-state index in [2.05, 4.69) is 26.1 Å². The lowest BCUT2D eigenvalue weighted by molar-refractivity contribution is 0.219. The summed E-state index contributed by atoms with van der Waals surface area (Å²) in [4.78, 5) is 0. The quantitative estimate of drug-likeness (QED) is 0.799. The van der Waals surface area contributed by atoms with Crippen molar-refractivity contribution < 1.29 is 4.39 Å². The molecule has 1 unspecified atom stereocenters. The molecule has 1 nitrogen and oxygen atoms in total. The highest BCUT2D eigenvalue weighted by atomic mass is 19.1. The van der Waals surface area contributed by atoms with E-state index in [0.717, 1.165) is 24.9 Å². The number of hydrogen-bond acceptors (Lipinski definition) is 1. The van der Waals surface area contributed by atoms with Crippen molar-refractivity contribution in [2.75, 3.05) is 6.54 Å². The van der Waals surface area contributed by atoms with Gasteiger partial charge in [-0.15, -0.1) is 0 Å². The molecule has 0 aliphatic heterocycles. The minimum atomic E-state index is -0.114. The number of halogens is 1. The topological polar surface area (TPSA) is 12.0 Å². The second-order valence-electron chi connectivity index (χ2n) is 6.64. The van der Waals surface area contributed by atoms with Crippen molar-refractivity contribution in [3.8, 4) is 0 Å². The van der Waals surface area contributed by atoms with Crippen LogP contribution in [0.3, 0.4) is 0 Å². The van der Waals surface area contributed by atoms with Gasteiger partial charge in [0.15, 0.2) is 0 Å². The van der Waals surface area contributed by atoms with Crippen LogP contribution in [-0.2, 0) is 6.42 Å². The summed E-state index contributed by atoms with van der Waals surface area (Å²) >= 11 is 0. The predicted octanol–water partition coefficient (Wildman–Crippen LogP) is 4.63. The number of rotatable bonds is 6. The monoisotopic (exact) mass is 277 g/mol. The van der Waals surface area contributed by atoms with Gasteiger partial charge in [0.25, 0.3) is 0 Å². The van der Waals surface area contributed by atoms with Crippen molar-refractivity contribution >= 4 is 0 Å². The molecule has 0 heterocycles. The van der Waals surface area contributed by atoms with Crippen LogP contribution in [0.2, 0.25) is 0 Å². The fourth-order valence-corrected chi connectivity index (χ4v) is 3.49. The molecule has 1 atom stereocenters. The van der Waals surface area contributed by atoms with Gasteiger partial charge in [0.05, 0.1) is 0 Å². The van der Waals surface area contributed by atoms with Gasteiger partial charge in [0.1, 0.15) is 5.82 Å². The first-order valence-electron chi connectivity index (χ1n) is 8.03. The molecule has 1 aliphatic rings. The summed E-state index contributed by atoms with van der Waals surface area (Å²) < 4.78 is 13.5. The van der Waals surface area contributed by atoms with E-state index in [1.165, 1.54) is 31.2 Å². The van der Waals surface area contributed by atoms with E-state index in [1.54, 1.807) is 12.1 Å². The lowest BCUT2D eigenvalue weighted by Crippen LogP contribution is -2.44. The molecule has 1 fully saturated rings. The Morgan fingerprint density at radius 2 is 2.00 bits per heavy atom. The first-order chi connectivity index (χ1) is 9.55. The van der Waals surface area contributed by atoms with Crippen LogP contribution < -0.4 is 5.32 Å². The van der Waals surface area contributed by atoms with E-state index in [0.29, 0.717) is 11.5 Å². The molecule has 2 rings (SSSR count). The summed E-state index contributed by atoms with van der Waals surface area (Å²) in [5, 5.41) is 3.72. The smallest absolute Gasteiger partial charge is 0.123 e. The molecular formula is C18H28FN. The number of aryl methyl sites for hydroxylation is 1. The average molecular weight is 277 g/mol. The summed E-state index contributed by atoms with van der Waals surface area (Å²) in [6.45, 7) is 7.74. The minimum Gasteiger partial charge on any atom is -0.313 e. The predicted molar refractivity (Wildman–Crippen MR) is 83.5 cm³/mol. The Bertz CT molecular complexity index is 435. The number of benzene rings is 1. The zero-order chi connectivity index (χ0) is 14.6. The van der Waals surface area contributed by atoms with E-state index < -0.39 is 0 Å². The molecule has 1 aromatic rings. The molecule has 1 saturated carbocycles. The van der Waals surface area contributed by atoms with Gasteiger partial charge >= 0.3 is 0 Å². The molecule has 112 valence electrons. The average Bonchev–Trinajstić information content (AvgIpc) is 2.86. The van der Waals surface area contributed by atoms with Gasteiger partial charge < -0.3 is 5.32 Å². The Balaban J connectivity index is 2.16. The SMILES string of the molecule is CCCNC(Cc1cc(F)ccc1C)C1(C)CCCC1. The van der Waals surface area contributed by atoms with E-state index >= 15 is 0 Å². The van der Waals surface area contributed by atoms with Crippen LogP contribution in [0.5, 0.6) is 0 Å². The largest absolute Gasteiger partial charge is 0.313 e. The third-order valence-electron chi connectivity index (χ3n) is 4.96. The van der Waals surface area contributed by atoms with Gasteiger partial charge in [-0.05, 0) is 67.8 Å². The van der Waals surface area contributed by atoms with Gasteiger partial charge in [-0.25, -0.2) is 4.39 Å². The molecule has 2 heteroatoms. The van der Waals surface area contributed by atoms with E-state index in [1.807, 2.05) is 6.07 Å². The molecule has 0 radical (unpaired) electrons. The number of nitrogens with one attached hydrogen (secondary N) is 1. The van der Waals surface area contributed by atoms with Crippen LogP contribution in [0.4, 0.5) is 4.39 Å². The van der Waals surface area contributed by atoms with Gasteiger partial charge in [0.2, 0.25) is 0 Å². The van der Waals surface area contributed by atoms with Crippen LogP contribution in [0.15, 0.2) is 18.2 Å². The second-order valence-corrected chi connectivity index (χ2v) is 6.64. The van der Waals surface area contributed by atoms with Crippen LogP contribution >= 0.6 is 0 Å². The summed E-state index contributed by atoms with van der Waals surface area (Å²) in [6.07, 6.45) is 7.35. The molecule has 0 spiro atoms. The van der Waals surface area contributed by atoms with E-state index in [4.69, 9.17) is 0 Å². The van der Waals surface area contributed by atoms with Crippen LogP contribution in [0, 0.1) is 18.2 Å². The van der Waals surface area contributed by atoms with Crippen molar-refractivity contribution in [2.24, 2.45) is 5.41 Å². The molecule has 1 aliphatic carbocycles. The maximum atomic E-state index is 13.5. The van der Waals surface area contributed by atoms with Crippen molar-refractivity contribution in [1.29, 1.82) is 0 Å². The van der Waals surface area contributed by atoms with Gasteiger partial charge in [-0.3, -0.25) is 0 Å². The maximum absolute atomic E-state index is 13.5. The molecule has 0 saturated heterocycles. The molecule has 1 N–H and O–H groups in total. The highest BCUT2D eigenvalue weighted by Gasteiger charge is 2.36. The van der Waals surface area contributed by atoms with Crippen LogP contribution in [0.1, 0.15) is 57.1 Å². The van der Waals surface area contributed by atoms with Gasteiger partial charge in [-0.2, -0.15) is 0 Å². The van der Waals surface area contributed by atoms with E-state index in [-0.39, 0.29) is 5.82 Å². The van der Waals surface area contributed by atoms with Gasteiger partial charge in [-0.1, -0.05) is 32.8 Å². The fraction of sp³-hybridized carbons (Fsp3) is 0.667. The zero-order valence-electron chi connectivity index (χ0n) is 13.1. The molecule has 1 aromatic carbocycles. The van der Waals surface area contributed by atoms with Crippen LogP contribution in [0.25, 0.3) is 0 Å². The Morgan fingerprint density at radius 1 is 1.30 bits per heavy atom. The first kappa shape index (κ1) is 15.5. The summed E-state index contributed by atoms with van der Waals surface area (Å²) in [5.74, 6) is -0.114. The standard InChI is InChI=1S/C18H28FN/c1-4-11-20-17(18(3)9-5-6-10-18)13-15-12-16(19)8-7-14(15)2/h7-8,12,17,20H,4-6,9-11,13H2,1-3H3.